The summed E-state index contributed by atoms with van der Waals surface area (Å²) in [5, 5.41) is 0. The summed E-state index contributed by atoms with van der Waals surface area (Å²) in [6, 6.07) is 0. The highest BCUT2D eigenvalue weighted by Gasteiger charge is 2.43. The maximum absolute atomic E-state index is 3.72. The van der Waals surface area contributed by atoms with Gasteiger partial charge in [0.2, 0.25) is 0 Å². The normalized spacial score (nSPS) is 25.3. The van der Waals surface area contributed by atoms with Crippen LogP contribution in [-0.2, 0) is 0 Å². The molecule has 2 heteroatoms. The molecule has 2 rings (SSSR count). The summed E-state index contributed by atoms with van der Waals surface area (Å²) >= 11 is 4.19. The van der Waals surface area contributed by atoms with Crippen LogP contribution in [0.1, 0.15) is 59.3 Å². The maximum atomic E-state index is 3.72. The average Bonchev–Trinajstić information content (AvgIpc) is 2.37. The molecule has 0 bridgehead atoms. The Morgan fingerprint density at radius 3 is 2.11 bits per heavy atom. The molecule has 0 spiro atoms. The Bertz CT molecular complexity index is 317. The van der Waals surface area contributed by atoms with Crippen molar-refractivity contribution in [3.05, 3.63) is 0 Å². The Morgan fingerprint density at radius 2 is 1.56 bits per heavy atom. The maximum Gasteiger partial charge on any atom is 0.127 e. The molecule has 1 aliphatic carbocycles. The first-order chi connectivity index (χ1) is 8.54. The Kier molecular flexibility index (Phi) is 5.00. The van der Waals surface area contributed by atoms with Crippen LogP contribution < -0.4 is 0 Å². The summed E-state index contributed by atoms with van der Waals surface area (Å²) in [6.45, 7) is 7.07. The molecule has 1 saturated carbocycles. The van der Waals surface area contributed by atoms with Crippen LogP contribution >= 0.6 is 23.5 Å². The fourth-order valence-electron chi connectivity index (χ4n) is 2.67. The molecule has 0 amide bonds. The van der Waals surface area contributed by atoms with Crippen LogP contribution in [0, 0.1) is 23.2 Å². The Hall–Kier alpha value is 0.260. The van der Waals surface area contributed by atoms with Gasteiger partial charge >= 0.3 is 0 Å². The second kappa shape index (κ2) is 6.14. The monoisotopic (exact) mass is 282 g/mol. The highest BCUT2D eigenvalue weighted by atomic mass is 32.2. The van der Waals surface area contributed by atoms with Crippen molar-refractivity contribution < 1.29 is 0 Å². The van der Waals surface area contributed by atoms with Crippen LogP contribution in [0.15, 0.2) is 0 Å². The lowest BCUT2D eigenvalue weighted by atomic mass is 9.87. The van der Waals surface area contributed by atoms with Crippen LogP contribution in [0.3, 0.4) is 0 Å². The molecule has 2 aliphatic rings. The third-order valence-corrected chi connectivity index (χ3v) is 7.87. The van der Waals surface area contributed by atoms with Gasteiger partial charge in [0.15, 0.2) is 0 Å². The predicted octanol–water partition coefficient (Wildman–Crippen LogP) is 5.18. The van der Waals surface area contributed by atoms with E-state index >= 15 is 0 Å². The highest BCUT2D eigenvalue weighted by Crippen LogP contribution is 2.53. The van der Waals surface area contributed by atoms with Gasteiger partial charge in [-0.3, -0.25) is 0 Å². The van der Waals surface area contributed by atoms with Crippen LogP contribution in [0.2, 0.25) is 0 Å². The third-order valence-electron chi connectivity index (χ3n) is 3.93. The zero-order valence-corrected chi connectivity index (χ0v) is 13.7. The van der Waals surface area contributed by atoms with Crippen molar-refractivity contribution in [2.24, 2.45) is 11.3 Å². The van der Waals surface area contributed by atoms with Crippen molar-refractivity contribution in [3.63, 3.8) is 0 Å². The van der Waals surface area contributed by atoms with E-state index in [1.54, 1.807) is 0 Å². The number of thioether (sulfide) groups is 2. The fourth-order valence-corrected chi connectivity index (χ4v) is 5.97. The first-order valence-corrected chi connectivity index (χ1v) is 9.31. The van der Waals surface area contributed by atoms with E-state index in [0.29, 0.717) is 5.92 Å². The molecule has 18 heavy (non-hydrogen) atoms. The lowest BCUT2D eigenvalue weighted by Gasteiger charge is -2.42. The first-order valence-electron chi connectivity index (χ1n) is 7.34. The Balaban J connectivity index is 2.12. The largest absolute Gasteiger partial charge is 0.131 e. The van der Waals surface area contributed by atoms with Crippen molar-refractivity contribution in [3.8, 4) is 11.8 Å². The molecule has 0 aromatic heterocycles. The second-order valence-corrected chi connectivity index (χ2v) is 9.40. The minimum Gasteiger partial charge on any atom is -0.131 e. The summed E-state index contributed by atoms with van der Waals surface area (Å²) in [6.07, 6.45) is 8.22. The summed E-state index contributed by atoms with van der Waals surface area (Å²) in [7, 11) is 0. The van der Waals surface area contributed by atoms with Crippen molar-refractivity contribution in [2.75, 3.05) is 11.5 Å². The molecule has 1 heterocycles. The van der Waals surface area contributed by atoms with Gasteiger partial charge in [0.25, 0.3) is 0 Å². The molecule has 2 fully saturated rings. The number of rotatable bonds is 0. The van der Waals surface area contributed by atoms with Gasteiger partial charge in [-0.1, -0.05) is 51.9 Å². The molecule has 0 unspecified atom stereocenters. The van der Waals surface area contributed by atoms with E-state index in [9.17, 15) is 0 Å². The van der Waals surface area contributed by atoms with E-state index in [1.165, 1.54) is 50.0 Å². The summed E-state index contributed by atoms with van der Waals surface area (Å²) in [5.41, 5.74) is 0.268. The zero-order chi connectivity index (χ0) is 13.1. The predicted molar refractivity (Wildman–Crippen MR) is 86.1 cm³/mol. The fraction of sp³-hybridized carbons (Fsp3) is 0.875. The minimum absolute atomic E-state index is 0.142. The molecule has 102 valence electrons. The standard InChI is InChI=1S/C16H26S2/c1-15(2,3)16(17-12-7-13-18-16)11-10-14-8-5-4-6-9-14/h14H,4-9,12-13H2,1-3H3. The number of hydrogen-bond acceptors (Lipinski definition) is 2. The molecule has 0 nitrogen and oxygen atoms in total. The van der Waals surface area contributed by atoms with Gasteiger partial charge in [-0.25, -0.2) is 0 Å². The van der Waals surface area contributed by atoms with Gasteiger partial charge in [-0.05, 0) is 36.2 Å². The highest BCUT2D eigenvalue weighted by molar-refractivity contribution is 8.19. The third kappa shape index (κ3) is 3.42. The van der Waals surface area contributed by atoms with Crippen LogP contribution in [-0.4, -0.2) is 15.6 Å². The lowest BCUT2D eigenvalue weighted by molar-refractivity contribution is 0.410. The smallest absolute Gasteiger partial charge is 0.127 e. The van der Waals surface area contributed by atoms with Crippen molar-refractivity contribution in [1.82, 2.24) is 0 Å². The molecule has 1 saturated heterocycles. The van der Waals surface area contributed by atoms with Crippen molar-refractivity contribution in [1.29, 1.82) is 0 Å². The number of hydrogen-bond donors (Lipinski definition) is 0. The van der Waals surface area contributed by atoms with E-state index in [2.05, 4.69) is 56.1 Å². The van der Waals surface area contributed by atoms with Gasteiger partial charge in [0.1, 0.15) is 4.08 Å². The molecule has 0 aromatic rings. The van der Waals surface area contributed by atoms with Gasteiger partial charge in [-0.15, -0.1) is 23.5 Å². The van der Waals surface area contributed by atoms with Crippen LogP contribution in [0.5, 0.6) is 0 Å². The van der Waals surface area contributed by atoms with E-state index in [4.69, 9.17) is 0 Å². The lowest BCUT2D eigenvalue weighted by Crippen LogP contribution is -2.38. The minimum atomic E-state index is 0.142. The molecule has 1 aliphatic heterocycles. The molecular formula is C16H26S2. The van der Waals surface area contributed by atoms with E-state index in [0.717, 1.165) is 0 Å². The van der Waals surface area contributed by atoms with Gasteiger partial charge in [-0.2, -0.15) is 0 Å². The Morgan fingerprint density at radius 1 is 0.944 bits per heavy atom. The van der Waals surface area contributed by atoms with Crippen molar-refractivity contribution in [2.45, 2.75) is 63.4 Å². The van der Waals surface area contributed by atoms with Crippen molar-refractivity contribution >= 4 is 23.5 Å². The van der Waals surface area contributed by atoms with E-state index in [-0.39, 0.29) is 9.49 Å². The van der Waals surface area contributed by atoms with Gasteiger partial charge in [0, 0.05) is 5.92 Å². The summed E-state index contributed by atoms with van der Waals surface area (Å²) in [5.74, 6) is 10.6. The SMILES string of the molecule is CC(C)(C)C1(C#CC2CCCCC2)SCCCS1. The van der Waals surface area contributed by atoms with Gasteiger partial charge in [0.05, 0.1) is 0 Å². The second-order valence-electron chi connectivity index (χ2n) is 6.52. The molecular weight excluding hydrogens is 256 g/mol. The topological polar surface area (TPSA) is 0 Å². The molecule has 0 aromatic carbocycles. The first kappa shape index (κ1) is 14.7. The summed E-state index contributed by atoms with van der Waals surface area (Å²) < 4.78 is 0.142. The molecule has 0 atom stereocenters. The van der Waals surface area contributed by atoms with E-state index in [1.807, 2.05) is 0 Å². The van der Waals surface area contributed by atoms with E-state index < -0.39 is 0 Å². The van der Waals surface area contributed by atoms with Gasteiger partial charge < -0.3 is 0 Å². The average molecular weight is 283 g/mol. The van der Waals surface area contributed by atoms with Crippen LogP contribution in [0.25, 0.3) is 0 Å². The quantitative estimate of drug-likeness (QED) is 0.561. The zero-order valence-electron chi connectivity index (χ0n) is 12.1. The molecule has 0 N–H and O–H groups in total. The van der Waals surface area contributed by atoms with Crippen LogP contribution in [0.4, 0.5) is 0 Å². The molecule has 0 radical (unpaired) electrons. The summed E-state index contributed by atoms with van der Waals surface area (Å²) in [4.78, 5) is 0. The Labute approximate surface area is 121 Å².